The van der Waals surface area contributed by atoms with Gasteiger partial charge in [0.15, 0.2) is 0 Å². The molecule has 0 atom stereocenters. The summed E-state index contributed by atoms with van der Waals surface area (Å²) in [6.45, 7) is 0.237. The Morgan fingerprint density at radius 1 is 0.955 bits per heavy atom. The van der Waals surface area contributed by atoms with E-state index in [1.165, 1.54) is 12.1 Å². The Morgan fingerprint density at radius 3 is 2.18 bits per heavy atom. The van der Waals surface area contributed by atoms with Gasteiger partial charge in [-0.2, -0.15) is 8.42 Å². The van der Waals surface area contributed by atoms with E-state index in [-0.39, 0.29) is 23.9 Å². The average Bonchev–Trinajstić information content (AvgIpc) is 2.51. The lowest BCUT2D eigenvalue weighted by atomic mass is 10.1. The Bertz CT molecular complexity index is 721. The maximum Gasteiger partial charge on any atom is 0.306 e. The highest BCUT2D eigenvalue weighted by Crippen LogP contribution is 2.12. The first-order valence-electron chi connectivity index (χ1n) is 6.71. The fourth-order valence-electron chi connectivity index (χ4n) is 1.88. The molecule has 0 unspecified atom stereocenters. The van der Waals surface area contributed by atoms with E-state index in [0.29, 0.717) is 6.42 Å². The van der Waals surface area contributed by atoms with Crippen LogP contribution in [0.15, 0.2) is 59.5 Å². The average molecular weight is 320 g/mol. The van der Waals surface area contributed by atoms with E-state index < -0.39 is 10.1 Å². The van der Waals surface area contributed by atoms with E-state index in [9.17, 15) is 13.2 Å². The zero-order chi connectivity index (χ0) is 16.0. The quantitative estimate of drug-likeness (QED) is 0.653. The van der Waals surface area contributed by atoms with Crippen molar-refractivity contribution in [2.24, 2.45) is 0 Å². The molecular formula is C16H16O5S. The second-order valence-electron chi connectivity index (χ2n) is 4.77. The molecule has 0 heterocycles. The molecule has 0 radical (unpaired) electrons. The van der Waals surface area contributed by atoms with E-state index in [0.717, 1.165) is 11.1 Å². The third-order valence-corrected chi connectivity index (χ3v) is 3.95. The number of carbonyl (C=O) groups excluding carboxylic acids is 1. The number of ether oxygens (including phenoxy) is 1. The van der Waals surface area contributed by atoms with Crippen LogP contribution in [0.4, 0.5) is 0 Å². The van der Waals surface area contributed by atoms with Crippen molar-refractivity contribution in [3.63, 3.8) is 0 Å². The van der Waals surface area contributed by atoms with Crippen LogP contribution in [-0.2, 0) is 32.7 Å². The summed E-state index contributed by atoms with van der Waals surface area (Å²) in [4.78, 5) is 11.5. The maximum absolute atomic E-state index is 11.7. The molecular weight excluding hydrogens is 304 g/mol. The van der Waals surface area contributed by atoms with Gasteiger partial charge in [0.1, 0.15) is 6.61 Å². The van der Waals surface area contributed by atoms with Crippen molar-refractivity contribution in [3.8, 4) is 0 Å². The van der Waals surface area contributed by atoms with Gasteiger partial charge in [-0.25, -0.2) is 0 Å². The minimum absolute atomic E-state index is 0.164. The molecule has 0 aromatic heterocycles. The van der Waals surface area contributed by atoms with Crippen LogP contribution in [0.1, 0.15) is 17.5 Å². The van der Waals surface area contributed by atoms with Gasteiger partial charge in [0, 0.05) is 6.42 Å². The molecule has 2 aromatic rings. The van der Waals surface area contributed by atoms with Gasteiger partial charge >= 0.3 is 5.97 Å². The minimum Gasteiger partial charge on any atom is -0.461 e. The molecule has 6 heteroatoms. The molecule has 0 fully saturated rings. The third-order valence-electron chi connectivity index (χ3n) is 3.08. The highest BCUT2D eigenvalue weighted by Gasteiger charge is 2.09. The van der Waals surface area contributed by atoms with Crippen molar-refractivity contribution in [1.29, 1.82) is 0 Å². The first kappa shape index (κ1) is 16.2. The molecule has 0 amide bonds. The number of rotatable bonds is 6. The number of carbonyl (C=O) groups is 1. The molecule has 0 aliphatic carbocycles. The Balaban J connectivity index is 1.81. The number of hydrogen-bond acceptors (Lipinski definition) is 4. The second-order valence-corrected chi connectivity index (χ2v) is 6.19. The molecule has 2 aromatic carbocycles. The monoisotopic (exact) mass is 320 g/mol. The van der Waals surface area contributed by atoms with Crippen LogP contribution in [0.5, 0.6) is 0 Å². The van der Waals surface area contributed by atoms with E-state index in [1.54, 1.807) is 12.1 Å². The molecule has 5 nitrogen and oxygen atoms in total. The summed E-state index contributed by atoms with van der Waals surface area (Å²) in [6, 6.07) is 15.1. The first-order chi connectivity index (χ1) is 10.4. The summed E-state index contributed by atoms with van der Waals surface area (Å²) < 4.78 is 35.9. The molecule has 1 N–H and O–H groups in total. The van der Waals surface area contributed by atoms with Crippen LogP contribution < -0.4 is 0 Å². The normalized spacial score (nSPS) is 11.1. The van der Waals surface area contributed by atoms with Crippen molar-refractivity contribution in [2.75, 3.05) is 0 Å². The van der Waals surface area contributed by atoms with E-state index >= 15 is 0 Å². The van der Waals surface area contributed by atoms with Crippen molar-refractivity contribution < 1.29 is 22.5 Å². The summed E-state index contributed by atoms with van der Waals surface area (Å²) in [5, 5.41) is 0. The highest BCUT2D eigenvalue weighted by atomic mass is 32.2. The molecule has 2 rings (SSSR count). The third kappa shape index (κ3) is 4.98. The van der Waals surface area contributed by atoms with Gasteiger partial charge in [-0.3, -0.25) is 9.35 Å². The number of benzene rings is 2. The molecule has 0 saturated carbocycles. The van der Waals surface area contributed by atoms with Crippen LogP contribution >= 0.6 is 0 Å². The van der Waals surface area contributed by atoms with Gasteiger partial charge in [0.2, 0.25) is 0 Å². The fourth-order valence-corrected chi connectivity index (χ4v) is 2.36. The van der Waals surface area contributed by atoms with Gasteiger partial charge in [-0.1, -0.05) is 42.5 Å². The molecule has 0 aliphatic rings. The summed E-state index contributed by atoms with van der Waals surface area (Å²) in [5.41, 5.74) is 1.72. The molecule has 0 spiro atoms. The molecule has 116 valence electrons. The van der Waals surface area contributed by atoms with Gasteiger partial charge in [0.05, 0.1) is 4.90 Å². The van der Waals surface area contributed by atoms with Crippen LogP contribution in [0, 0.1) is 0 Å². The Hall–Kier alpha value is -2.18. The summed E-state index contributed by atoms with van der Waals surface area (Å²) in [6.07, 6.45) is 0.650. The van der Waals surface area contributed by atoms with Crippen LogP contribution in [0.3, 0.4) is 0 Å². The largest absolute Gasteiger partial charge is 0.461 e. The topological polar surface area (TPSA) is 80.7 Å². The smallest absolute Gasteiger partial charge is 0.306 e. The van der Waals surface area contributed by atoms with Crippen molar-refractivity contribution in [3.05, 3.63) is 65.7 Å². The molecule has 0 aliphatic heterocycles. The predicted molar refractivity (Wildman–Crippen MR) is 80.8 cm³/mol. The summed E-state index contributed by atoms with van der Waals surface area (Å²) in [7, 11) is -4.18. The lowest BCUT2D eigenvalue weighted by molar-refractivity contribution is -0.144. The standard InChI is InChI=1S/C16H16O5S/c17-16(21-12-14-4-2-1-3-5-14)11-8-13-6-9-15(10-7-13)22(18,19)20/h1-7,9-10H,8,11-12H2,(H,18,19,20). The number of aryl methyl sites for hydroxylation is 1. The van der Waals surface area contributed by atoms with Crippen LogP contribution in [0.25, 0.3) is 0 Å². The first-order valence-corrected chi connectivity index (χ1v) is 8.15. The van der Waals surface area contributed by atoms with Crippen LogP contribution in [-0.4, -0.2) is 18.9 Å². The lowest BCUT2D eigenvalue weighted by Gasteiger charge is -2.05. The summed E-state index contributed by atoms with van der Waals surface area (Å²) in [5.74, 6) is -0.317. The van der Waals surface area contributed by atoms with Gasteiger partial charge < -0.3 is 4.74 Å². The molecule has 22 heavy (non-hydrogen) atoms. The van der Waals surface area contributed by atoms with Gasteiger partial charge in [0.25, 0.3) is 10.1 Å². The van der Waals surface area contributed by atoms with Gasteiger partial charge in [-0.15, -0.1) is 0 Å². The zero-order valence-electron chi connectivity index (χ0n) is 11.8. The van der Waals surface area contributed by atoms with E-state index in [2.05, 4.69) is 0 Å². The van der Waals surface area contributed by atoms with E-state index in [1.807, 2.05) is 30.3 Å². The Labute approximate surface area is 129 Å². The minimum atomic E-state index is -4.18. The lowest BCUT2D eigenvalue weighted by Crippen LogP contribution is -2.06. The van der Waals surface area contributed by atoms with Crippen molar-refractivity contribution in [1.82, 2.24) is 0 Å². The fraction of sp³-hybridized carbons (Fsp3) is 0.188. The number of hydrogen-bond donors (Lipinski definition) is 1. The molecule has 0 saturated heterocycles. The van der Waals surface area contributed by atoms with Gasteiger partial charge in [-0.05, 0) is 29.7 Å². The van der Waals surface area contributed by atoms with E-state index in [4.69, 9.17) is 9.29 Å². The van der Waals surface area contributed by atoms with Crippen molar-refractivity contribution >= 4 is 16.1 Å². The Morgan fingerprint density at radius 2 is 1.59 bits per heavy atom. The second kappa shape index (κ2) is 7.20. The molecule has 0 bridgehead atoms. The van der Waals surface area contributed by atoms with Crippen molar-refractivity contribution in [2.45, 2.75) is 24.3 Å². The van der Waals surface area contributed by atoms with Crippen LogP contribution in [0.2, 0.25) is 0 Å². The maximum atomic E-state index is 11.7. The highest BCUT2D eigenvalue weighted by molar-refractivity contribution is 7.85. The predicted octanol–water partition coefficient (Wildman–Crippen LogP) is 2.61. The Kier molecular flexibility index (Phi) is 5.30. The zero-order valence-corrected chi connectivity index (χ0v) is 12.6. The number of esters is 1. The SMILES string of the molecule is O=C(CCc1ccc(S(=O)(=O)O)cc1)OCc1ccccc1. The summed E-state index contributed by atoms with van der Waals surface area (Å²) >= 11 is 0.